The molecule has 37 heavy (non-hydrogen) atoms. The summed E-state index contributed by atoms with van der Waals surface area (Å²) in [6, 6.07) is 10.3. The quantitative estimate of drug-likeness (QED) is 0.255. The van der Waals surface area contributed by atoms with Gasteiger partial charge in [0.05, 0.1) is 43.1 Å². The number of aryl methyl sites for hydroxylation is 1. The van der Waals surface area contributed by atoms with Crippen LogP contribution in [0.5, 0.6) is 11.6 Å². The first-order valence-corrected chi connectivity index (χ1v) is 11.8. The minimum Gasteiger partial charge on any atom is -0.437 e. The fourth-order valence-electron chi connectivity index (χ4n) is 3.26. The molecule has 0 aliphatic carbocycles. The molecule has 0 unspecified atom stereocenters. The van der Waals surface area contributed by atoms with Gasteiger partial charge in [-0.25, -0.2) is 15.0 Å². The van der Waals surface area contributed by atoms with Crippen molar-refractivity contribution in [2.75, 3.05) is 5.32 Å². The maximum Gasteiger partial charge on any atom is 0.416 e. The zero-order valence-electron chi connectivity index (χ0n) is 18.9. The number of hydrogen-bond acceptors (Lipinski definition) is 5. The van der Waals surface area contributed by atoms with Crippen LogP contribution in [-0.4, -0.2) is 20.9 Å². The molecule has 0 fully saturated rings. The highest BCUT2D eigenvalue weighted by Crippen LogP contribution is 2.39. The Balaban J connectivity index is 1.66. The Bertz CT molecular complexity index is 1480. The van der Waals surface area contributed by atoms with E-state index in [4.69, 9.17) is 39.5 Å². The molecule has 0 bridgehead atoms. The van der Waals surface area contributed by atoms with E-state index < -0.39 is 17.6 Å². The van der Waals surface area contributed by atoms with E-state index in [9.17, 15) is 18.0 Å². The summed E-state index contributed by atoms with van der Waals surface area (Å²) in [6.07, 6.45) is -0.880. The van der Waals surface area contributed by atoms with E-state index in [2.05, 4.69) is 20.3 Å². The summed E-state index contributed by atoms with van der Waals surface area (Å²) >= 11 is 18.5. The zero-order chi connectivity index (χ0) is 26.7. The topological polar surface area (TPSA) is 77.0 Å². The third-order valence-corrected chi connectivity index (χ3v) is 6.02. The Morgan fingerprint density at radius 2 is 1.76 bits per heavy atom. The number of carbonyl (C=O) groups excluding carboxylic acids is 1. The van der Waals surface area contributed by atoms with Gasteiger partial charge >= 0.3 is 6.18 Å². The molecule has 2 aromatic carbocycles. The number of alkyl halides is 3. The van der Waals surface area contributed by atoms with Gasteiger partial charge in [-0.3, -0.25) is 4.79 Å². The second-order valence-corrected chi connectivity index (χ2v) is 8.80. The average molecular weight is 568 g/mol. The molecule has 0 radical (unpaired) electrons. The van der Waals surface area contributed by atoms with E-state index in [1.165, 1.54) is 18.3 Å². The summed E-state index contributed by atoms with van der Waals surface area (Å²) < 4.78 is 45.3. The minimum atomic E-state index is -4.65. The monoisotopic (exact) mass is 566 g/mol. The number of ether oxygens (including phenoxy) is 1. The molecule has 6 nitrogen and oxygen atoms in total. The highest BCUT2D eigenvalue weighted by atomic mass is 35.5. The van der Waals surface area contributed by atoms with Crippen LogP contribution < -0.4 is 10.1 Å². The number of pyridine rings is 1. The van der Waals surface area contributed by atoms with E-state index in [-0.39, 0.29) is 37.9 Å². The van der Waals surface area contributed by atoms with Crippen LogP contribution in [-0.2, 0) is 12.6 Å². The standard InChI is InChI=1S/C25H16Cl3F3N4O2/c1-2-22-32-9-7-19(34-22)14-4-3-8-33-24(14)37-21-12-20(17(27)11-18(21)28)35-23(36)15-10-13(25(29,30)31)5-6-16(15)26/h3-12H,2H2,1H3,(H,35,36). The van der Waals surface area contributed by atoms with Crippen molar-refractivity contribution in [3.8, 4) is 22.9 Å². The van der Waals surface area contributed by atoms with Crippen molar-refractivity contribution in [3.05, 3.63) is 92.9 Å². The number of amides is 1. The zero-order valence-corrected chi connectivity index (χ0v) is 21.2. The van der Waals surface area contributed by atoms with Gasteiger partial charge in [-0.15, -0.1) is 0 Å². The Morgan fingerprint density at radius 1 is 0.973 bits per heavy atom. The van der Waals surface area contributed by atoms with E-state index in [1.54, 1.807) is 24.4 Å². The molecule has 0 aliphatic heterocycles. The maximum atomic E-state index is 13.1. The Morgan fingerprint density at radius 3 is 2.49 bits per heavy atom. The third-order valence-electron chi connectivity index (χ3n) is 5.08. The molecule has 0 saturated carbocycles. The lowest BCUT2D eigenvalue weighted by molar-refractivity contribution is -0.137. The summed E-state index contributed by atoms with van der Waals surface area (Å²) in [5, 5.41) is 2.42. The first-order chi connectivity index (χ1) is 17.6. The summed E-state index contributed by atoms with van der Waals surface area (Å²) in [4.78, 5) is 25.7. The summed E-state index contributed by atoms with van der Waals surface area (Å²) in [6.45, 7) is 1.93. The van der Waals surface area contributed by atoms with Gasteiger partial charge in [0.25, 0.3) is 5.91 Å². The second kappa shape index (κ2) is 10.9. The molecule has 0 atom stereocenters. The van der Waals surface area contributed by atoms with Crippen molar-refractivity contribution in [1.29, 1.82) is 0 Å². The SMILES string of the molecule is CCc1nccc(-c2cccnc2Oc2cc(NC(=O)c3cc(C(F)(F)F)ccc3Cl)c(Cl)cc2Cl)n1. The molecule has 0 spiro atoms. The number of aromatic nitrogens is 3. The van der Waals surface area contributed by atoms with Gasteiger partial charge in [0.1, 0.15) is 11.6 Å². The second-order valence-electron chi connectivity index (χ2n) is 7.58. The van der Waals surface area contributed by atoms with E-state index in [0.29, 0.717) is 29.6 Å². The molecule has 1 amide bonds. The van der Waals surface area contributed by atoms with Gasteiger partial charge in [0.15, 0.2) is 0 Å². The molecule has 1 N–H and O–H groups in total. The molecule has 4 aromatic rings. The van der Waals surface area contributed by atoms with E-state index in [1.807, 2.05) is 6.92 Å². The number of halogens is 6. The van der Waals surface area contributed by atoms with Crippen LogP contribution in [0.15, 0.2) is 60.9 Å². The van der Waals surface area contributed by atoms with Gasteiger partial charge < -0.3 is 10.1 Å². The lowest BCUT2D eigenvalue weighted by atomic mass is 10.1. The van der Waals surface area contributed by atoms with Crippen molar-refractivity contribution in [1.82, 2.24) is 15.0 Å². The van der Waals surface area contributed by atoms with E-state index >= 15 is 0 Å². The molecular formula is C25H16Cl3F3N4O2. The van der Waals surface area contributed by atoms with Crippen LogP contribution in [0, 0.1) is 0 Å². The summed E-state index contributed by atoms with van der Waals surface area (Å²) in [5.74, 6) is -0.0140. The minimum absolute atomic E-state index is 0.0263. The van der Waals surface area contributed by atoms with Crippen LogP contribution in [0.3, 0.4) is 0 Å². The largest absolute Gasteiger partial charge is 0.437 e. The predicted molar refractivity (Wildman–Crippen MR) is 136 cm³/mol. The first-order valence-electron chi connectivity index (χ1n) is 10.7. The molecule has 12 heteroatoms. The van der Waals surface area contributed by atoms with Gasteiger partial charge in [0, 0.05) is 24.9 Å². The highest BCUT2D eigenvalue weighted by Gasteiger charge is 2.31. The number of nitrogens with zero attached hydrogens (tertiary/aromatic N) is 3. The predicted octanol–water partition coefficient (Wildman–Crippen LogP) is 8.12. The number of rotatable bonds is 6. The highest BCUT2D eigenvalue weighted by molar-refractivity contribution is 6.38. The van der Waals surface area contributed by atoms with Crippen LogP contribution >= 0.6 is 34.8 Å². The Hall–Kier alpha value is -3.40. The van der Waals surface area contributed by atoms with Gasteiger partial charge in [0.2, 0.25) is 5.88 Å². The molecule has 0 saturated heterocycles. The maximum absolute atomic E-state index is 13.1. The molecule has 2 aromatic heterocycles. The van der Waals surface area contributed by atoms with Gasteiger partial charge in [-0.05, 0) is 42.5 Å². The molecule has 2 heterocycles. The van der Waals surface area contributed by atoms with Crippen molar-refractivity contribution < 1.29 is 22.7 Å². The number of carbonyl (C=O) groups is 1. The van der Waals surface area contributed by atoms with Crippen molar-refractivity contribution >= 4 is 46.4 Å². The fraction of sp³-hybridized carbons (Fsp3) is 0.120. The first kappa shape index (κ1) is 26.7. The summed E-state index contributed by atoms with van der Waals surface area (Å²) in [7, 11) is 0. The van der Waals surface area contributed by atoms with Crippen molar-refractivity contribution in [2.24, 2.45) is 0 Å². The van der Waals surface area contributed by atoms with Gasteiger partial charge in [-0.1, -0.05) is 41.7 Å². The normalized spacial score (nSPS) is 11.3. The lowest BCUT2D eigenvalue weighted by Crippen LogP contribution is -2.15. The molecule has 4 rings (SSSR count). The van der Waals surface area contributed by atoms with Crippen LogP contribution in [0.4, 0.5) is 18.9 Å². The van der Waals surface area contributed by atoms with Gasteiger partial charge in [-0.2, -0.15) is 13.2 Å². The fourth-order valence-corrected chi connectivity index (χ4v) is 3.93. The number of hydrogen-bond donors (Lipinski definition) is 1. The number of benzene rings is 2. The van der Waals surface area contributed by atoms with Crippen LogP contribution in [0.25, 0.3) is 11.3 Å². The van der Waals surface area contributed by atoms with Crippen LogP contribution in [0.1, 0.15) is 28.7 Å². The third kappa shape index (κ3) is 6.12. The van der Waals surface area contributed by atoms with Crippen molar-refractivity contribution in [3.63, 3.8) is 0 Å². The Labute approximate surface area is 224 Å². The van der Waals surface area contributed by atoms with Crippen LogP contribution in [0.2, 0.25) is 15.1 Å². The lowest BCUT2D eigenvalue weighted by Gasteiger charge is -2.15. The van der Waals surface area contributed by atoms with E-state index in [0.717, 1.165) is 12.1 Å². The number of nitrogens with one attached hydrogen (secondary N) is 1. The smallest absolute Gasteiger partial charge is 0.416 e. The summed E-state index contributed by atoms with van der Waals surface area (Å²) in [5.41, 5.74) is -0.230. The number of anilines is 1. The Kier molecular flexibility index (Phi) is 7.87. The van der Waals surface area contributed by atoms with Crippen molar-refractivity contribution in [2.45, 2.75) is 19.5 Å². The molecule has 190 valence electrons. The molecular weight excluding hydrogens is 552 g/mol. The molecule has 0 aliphatic rings. The average Bonchev–Trinajstić information content (AvgIpc) is 2.86.